The van der Waals surface area contributed by atoms with E-state index >= 15 is 0 Å². The van der Waals surface area contributed by atoms with Crippen molar-refractivity contribution in [2.45, 2.75) is 27.7 Å². The molecule has 0 heterocycles. The first kappa shape index (κ1) is 34.5. The molecule has 0 bridgehead atoms. The van der Waals surface area contributed by atoms with Crippen LogP contribution in [0.4, 0.5) is 0 Å². The molecular formula is C24H26K2O4. The fourth-order valence-electron chi connectivity index (χ4n) is 1.74. The van der Waals surface area contributed by atoms with Gasteiger partial charge in [0.15, 0.2) is 0 Å². The van der Waals surface area contributed by atoms with Crippen LogP contribution in [0.15, 0.2) is 107 Å². The molecule has 0 spiro atoms. The molecule has 0 aromatic rings. The summed E-state index contributed by atoms with van der Waals surface area (Å²) in [5, 5.41) is 20.6. The molecule has 0 aromatic carbocycles. The fraction of sp³-hybridized carbons (Fsp3) is 0.167. The zero-order valence-corrected chi connectivity index (χ0v) is 25.0. The number of carbonyl (C=O) groups excluding carboxylic acids is 2. The Hall–Kier alpha value is -0.127. The Labute approximate surface area is 265 Å². The standard InChI is InChI=1S/C24H28O4.2K/c1-19(11-7-13-21(3)15-17-23(25)26)9-5-6-10-20(2)12-8-14-22(4)16-18-24(27)28;;/h5-18H,1-4H3,(H,25,26)(H,27,28);;/q;2*+1/p-2/b6-5+,11-7+,12-8+,17-15+,18-16+,19-9+,20-10+,21-13+,22-14+;;. The molecule has 4 nitrogen and oxygen atoms in total. The minimum atomic E-state index is -1.21. The summed E-state index contributed by atoms with van der Waals surface area (Å²) >= 11 is 0. The van der Waals surface area contributed by atoms with Crippen LogP contribution in [-0.2, 0) is 9.59 Å². The molecule has 0 atom stereocenters. The Kier molecular flexibility index (Phi) is 25.4. The molecule has 0 fully saturated rings. The largest absolute Gasteiger partial charge is 1.00 e. The van der Waals surface area contributed by atoms with Crippen molar-refractivity contribution in [2.24, 2.45) is 0 Å². The van der Waals surface area contributed by atoms with E-state index in [1.165, 1.54) is 12.2 Å². The summed E-state index contributed by atoms with van der Waals surface area (Å²) in [4.78, 5) is 20.6. The van der Waals surface area contributed by atoms with Crippen LogP contribution in [0.5, 0.6) is 0 Å². The monoisotopic (exact) mass is 456 g/mol. The van der Waals surface area contributed by atoms with E-state index in [4.69, 9.17) is 0 Å². The van der Waals surface area contributed by atoms with Crippen LogP contribution in [0, 0.1) is 0 Å². The molecule has 0 aliphatic heterocycles. The van der Waals surface area contributed by atoms with Gasteiger partial charge in [0, 0.05) is 0 Å². The van der Waals surface area contributed by atoms with E-state index in [1.54, 1.807) is 13.8 Å². The van der Waals surface area contributed by atoms with E-state index in [9.17, 15) is 19.8 Å². The first-order chi connectivity index (χ1) is 13.2. The topological polar surface area (TPSA) is 80.3 Å². The smallest absolute Gasteiger partial charge is 0.545 e. The average Bonchev–Trinajstić information content (AvgIpc) is 2.61. The Bertz CT molecular complexity index is 750. The van der Waals surface area contributed by atoms with E-state index in [0.29, 0.717) is 0 Å². The summed E-state index contributed by atoms with van der Waals surface area (Å²) in [6.45, 7) is 7.54. The maximum atomic E-state index is 10.3. The van der Waals surface area contributed by atoms with Gasteiger partial charge in [-0.2, -0.15) is 0 Å². The number of rotatable bonds is 10. The predicted molar refractivity (Wildman–Crippen MR) is 111 cm³/mol. The van der Waals surface area contributed by atoms with E-state index in [-0.39, 0.29) is 103 Å². The van der Waals surface area contributed by atoms with Crippen LogP contribution < -0.4 is 113 Å². The summed E-state index contributed by atoms with van der Waals surface area (Å²) < 4.78 is 0. The van der Waals surface area contributed by atoms with Gasteiger partial charge in [-0.05, 0) is 39.8 Å². The van der Waals surface area contributed by atoms with Gasteiger partial charge in [0.2, 0.25) is 0 Å². The number of hydrogen-bond acceptors (Lipinski definition) is 4. The van der Waals surface area contributed by atoms with Gasteiger partial charge in [-0.3, -0.25) is 0 Å². The third-order valence-corrected chi connectivity index (χ3v) is 3.23. The van der Waals surface area contributed by atoms with Crippen LogP contribution in [0.3, 0.4) is 0 Å². The predicted octanol–water partition coefficient (Wildman–Crippen LogP) is -2.94. The van der Waals surface area contributed by atoms with E-state index in [1.807, 2.05) is 74.6 Å². The maximum absolute atomic E-state index is 10.3. The number of carboxylic acid groups (broad SMARTS) is 2. The average molecular weight is 457 g/mol. The molecule has 6 heteroatoms. The van der Waals surface area contributed by atoms with Crippen molar-refractivity contribution in [1.82, 2.24) is 0 Å². The number of carbonyl (C=O) groups is 2. The van der Waals surface area contributed by atoms with Crippen molar-refractivity contribution < 1.29 is 123 Å². The van der Waals surface area contributed by atoms with Gasteiger partial charge >= 0.3 is 103 Å². The summed E-state index contributed by atoms with van der Waals surface area (Å²) in [6, 6.07) is 0. The number of aliphatic carboxylic acids is 2. The number of carboxylic acids is 2. The first-order valence-corrected chi connectivity index (χ1v) is 8.70. The molecule has 30 heavy (non-hydrogen) atoms. The molecule has 0 radical (unpaired) electrons. The van der Waals surface area contributed by atoms with Gasteiger partial charge in [0.25, 0.3) is 0 Å². The van der Waals surface area contributed by atoms with Gasteiger partial charge in [-0.1, -0.05) is 95.2 Å². The normalized spacial score (nSPS) is 14.1. The maximum Gasteiger partial charge on any atom is 1.00 e. The second kappa shape index (κ2) is 22.1. The van der Waals surface area contributed by atoms with Crippen molar-refractivity contribution in [3.63, 3.8) is 0 Å². The molecule has 0 saturated heterocycles. The molecule has 148 valence electrons. The molecule has 0 rings (SSSR count). The second-order valence-electron chi connectivity index (χ2n) is 6.05. The summed E-state index contributed by atoms with van der Waals surface area (Å²) in [5.41, 5.74) is 3.72. The third kappa shape index (κ3) is 24.1. The molecule has 0 saturated carbocycles. The summed E-state index contributed by atoms with van der Waals surface area (Å²) in [7, 11) is 0. The Morgan fingerprint density at radius 3 is 1.03 bits per heavy atom. The number of allylic oxidation sites excluding steroid dienone is 16. The van der Waals surface area contributed by atoms with Crippen LogP contribution in [0.1, 0.15) is 27.7 Å². The van der Waals surface area contributed by atoms with Gasteiger partial charge in [-0.25, -0.2) is 0 Å². The van der Waals surface area contributed by atoms with Crippen molar-refractivity contribution >= 4 is 11.9 Å². The zero-order chi connectivity index (χ0) is 21.4. The van der Waals surface area contributed by atoms with Gasteiger partial charge in [0.1, 0.15) is 0 Å². The molecular weight excluding hydrogens is 430 g/mol. The minimum absolute atomic E-state index is 0. The van der Waals surface area contributed by atoms with Crippen LogP contribution in [0.2, 0.25) is 0 Å². The molecule has 0 aliphatic rings. The van der Waals surface area contributed by atoms with Crippen molar-refractivity contribution in [1.29, 1.82) is 0 Å². The molecule has 0 amide bonds. The van der Waals surface area contributed by atoms with E-state index < -0.39 is 11.9 Å². The fourth-order valence-corrected chi connectivity index (χ4v) is 1.74. The van der Waals surface area contributed by atoms with Crippen LogP contribution >= 0.6 is 0 Å². The van der Waals surface area contributed by atoms with Crippen molar-refractivity contribution in [3.8, 4) is 0 Å². The first-order valence-electron chi connectivity index (χ1n) is 8.70. The van der Waals surface area contributed by atoms with Crippen molar-refractivity contribution in [2.75, 3.05) is 0 Å². The Morgan fingerprint density at radius 1 is 0.467 bits per heavy atom. The van der Waals surface area contributed by atoms with Crippen LogP contribution in [-0.4, -0.2) is 11.9 Å². The second-order valence-corrected chi connectivity index (χ2v) is 6.05. The number of hydrogen-bond donors (Lipinski definition) is 0. The SMILES string of the molecule is CC(/C=C/C=C(C)/C=C/C(=O)[O-])=C\C=C\C=C(C)\C=C\C=C(C)\C=C\C(=O)[O-].[K+].[K+]. The van der Waals surface area contributed by atoms with E-state index in [0.717, 1.165) is 34.4 Å². The molecule has 0 unspecified atom stereocenters. The molecule has 0 N–H and O–H groups in total. The third-order valence-electron chi connectivity index (χ3n) is 3.23. The Balaban J connectivity index is -0.00000364. The zero-order valence-electron chi connectivity index (χ0n) is 18.7. The van der Waals surface area contributed by atoms with E-state index in [2.05, 4.69) is 0 Å². The van der Waals surface area contributed by atoms with Gasteiger partial charge < -0.3 is 19.8 Å². The Morgan fingerprint density at radius 2 is 0.733 bits per heavy atom. The molecule has 0 aromatic heterocycles. The molecule has 0 aliphatic carbocycles. The van der Waals surface area contributed by atoms with Crippen LogP contribution in [0.25, 0.3) is 0 Å². The van der Waals surface area contributed by atoms with Gasteiger partial charge in [-0.15, -0.1) is 0 Å². The minimum Gasteiger partial charge on any atom is -0.545 e. The quantitative estimate of drug-likeness (QED) is 0.200. The summed E-state index contributed by atoms with van der Waals surface area (Å²) in [6.07, 6.45) is 23.9. The summed E-state index contributed by atoms with van der Waals surface area (Å²) in [5.74, 6) is -2.43. The van der Waals surface area contributed by atoms with Crippen molar-refractivity contribution in [3.05, 3.63) is 107 Å². The van der Waals surface area contributed by atoms with Gasteiger partial charge in [0.05, 0.1) is 11.9 Å².